The summed E-state index contributed by atoms with van der Waals surface area (Å²) < 4.78 is 6.35. The van der Waals surface area contributed by atoms with Crippen LogP contribution in [-0.4, -0.2) is 68.6 Å². The molecule has 37 heavy (non-hydrogen) atoms. The molecule has 0 aromatic heterocycles. The molecular formula is C27H26BrClN2O6. The number of carbonyl (C=O) groups is 3. The number of carbonyl (C=O) groups excluding carboxylic acids is 2. The van der Waals surface area contributed by atoms with E-state index in [1.54, 1.807) is 54.6 Å². The zero-order valence-electron chi connectivity index (χ0n) is 19.7. The molecule has 2 amide bonds. The van der Waals surface area contributed by atoms with E-state index in [4.69, 9.17) is 16.3 Å². The van der Waals surface area contributed by atoms with E-state index in [1.807, 2.05) is 6.07 Å². The van der Waals surface area contributed by atoms with Gasteiger partial charge in [0.15, 0.2) is 0 Å². The molecule has 3 unspecified atom stereocenters. The molecule has 194 valence electrons. The first kappa shape index (κ1) is 25.9. The van der Waals surface area contributed by atoms with Gasteiger partial charge in [0.25, 0.3) is 5.91 Å². The maximum absolute atomic E-state index is 14.5. The molecule has 7 atom stereocenters. The number of carboxylic acids is 1. The van der Waals surface area contributed by atoms with Gasteiger partial charge in [-0.25, -0.2) is 0 Å². The number of carboxylic acid groups (broad SMARTS) is 1. The zero-order chi connectivity index (χ0) is 26.5. The Morgan fingerprint density at radius 2 is 1.92 bits per heavy atom. The summed E-state index contributed by atoms with van der Waals surface area (Å²) in [4.78, 5) is 43.4. The van der Waals surface area contributed by atoms with Crippen molar-refractivity contribution < 1.29 is 29.3 Å². The van der Waals surface area contributed by atoms with Crippen molar-refractivity contribution in [1.82, 2.24) is 4.90 Å². The fraction of sp³-hybridized carbons (Fsp3) is 0.370. The van der Waals surface area contributed by atoms with Gasteiger partial charge in [0.1, 0.15) is 11.6 Å². The van der Waals surface area contributed by atoms with Crippen LogP contribution in [0.4, 0.5) is 5.69 Å². The highest BCUT2D eigenvalue weighted by atomic mass is 79.9. The number of nitrogens with zero attached hydrogens (tertiary/aromatic N) is 2. The number of benzene rings is 2. The Hall–Kier alpha value is -2.72. The first-order valence-corrected chi connectivity index (χ1v) is 13.3. The summed E-state index contributed by atoms with van der Waals surface area (Å²) >= 11 is 10.0. The van der Waals surface area contributed by atoms with Crippen LogP contribution in [-0.2, 0) is 19.1 Å². The number of aliphatic hydroxyl groups is 1. The molecule has 1 spiro atoms. The number of alkyl halides is 1. The topological polar surface area (TPSA) is 107 Å². The van der Waals surface area contributed by atoms with Crippen LogP contribution in [0, 0.1) is 11.8 Å². The third kappa shape index (κ3) is 3.91. The monoisotopic (exact) mass is 588 g/mol. The van der Waals surface area contributed by atoms with E-state index in [0.29, 0.717) is 16.3 Å². The van der Waals surface area contributed by atoms with Crippen molar-refractivity contribution in [2.24, 2.45) is 11.8 Å². The van der Waals surface area contributed by atoms with Crippen molar-refractivity contribution in [3.63, 3.8) is 0 Å². The number of hydrogen-bond acceptors (Lipinski definition) is 5. The molecule has 2 aromatic carbocycles. The molecule has 3 aliphatic heterocycles. The van der Waals surface area contributed by atoms with Crippen LogP contribution < -0.4 is 4.90 Å². The van der Waals surface area contributed by atoms with Gasteiger partial charge in [-0.3, -0.25) is 14.4 Å². The number of likely N-dealkylation sites (tertiary alicyclic amines) is 1. The number of fused-ring (bicyclic) bond motifs is 1. The number of amides is 2. The Labute approximate surface area is 227 Å². The number of aliphatic carboxylic acids is 1. The Kier molecular flexibility index (Phi) is 6.91. The van der Waals surface area contributed by atoms with Crippen molar-refractivity contribution in [2.45, 2.75) is 35.0 Å². The molecular weight excluding hydrogens is 564 g/mol. The van der Waals surface area contributed by atoms with Gasteiger partial charge in [-0.1, -0.05) is 76.1 Å². The zero-order valence-corrected chi connectivity index (χ0v) is 22.1. The first-order valence-electron chi connectivity index (χ1n) is 12.0. The lowest BCUT2D eigenvalue weighted by molar-refractivity contribution is -0.151. The van der Waals surface area contributed by atoms with E-state index in [9.17, 15) is 24.6 Å². The molecule has 2 aromatic rings. The summed E-state index contributed by atoms with van der Waals surface area (Å²) in [7, 11) is 0. The Bertz CT molecular complexity index is 1240. The SMILES string of the molecule is C=CCN(C(=O)C1N([C@H](CO)c2ccccc2)C(=O)[C@@H]2[C@@H](C(=O)O)[C@@H]3OC12CC3Br)c1ccccc1Cl. The smallest absolute Gasteiger partial charge is 0.310 e. The first-order chi connectivity index (χ1) is 17.8. The lowest BCUT2D eigenvalue weighted by atomic mass is 9.70. The number of ether oxygens (including phenoxy) is 1. The minimum Gasteiger partial charge on any atom is -0.481 e. The largest absolute Gasteiger partial charge is 0.481 e. The maximum atomic E-state index is 14.5. The van der Waals surface area contributed by atoms with Crippen molar-refractivity contribution in [2.75, 3.05) is 18.1 Å². The molecule has 3 aliphatic rings. The van der Waals surface area contributed by atoms with Gasteiger partial charge in [-0.2, -0.15) is 0 Å². The summed E-state index contributed by atoms with van der Waals surface area (Å²) in [5.41, 5.74) is -0.337. The summed E-state index contributed by atoms with van der Waals surface area (Å²) in [6.07, 6.45) is 1.06. The predicted octanol–water partition coefficient (Wildman–Crippen LogP) is 3.43. The predicted molar refractivity (Wildman–Crippen MR) is 140 cm³/mol. The Balaban J connectivity index is 1.68. The van der Waals surface area contributed by atoms with Crippen LogP contribution in [0.5, 0.6) is 0 Å². The van der Waals surface area contributed by atoms with Crippen molar-refractivity contribution in [3.05, 3.63) is 77.8 Å². The molecule has 0 aliphatic carbocycles. The van der Waals surface area contributed by atoms with Crippen molar-refractivity contribution in [1.29, 1.82) is 0 Å². The Morgan fingerprint density at radius 3 is 2.54 bits per heavy atom. The second-order valence-corrected chi connectivity index (χ2v) is 11.1. The number of aliphatic hydroxyl groups excluding tert-OH is 1. The van der Waals surface area contributed by atoms with Gasteiger partial charge in [0.05, 0.1) is 41.3 Å². The van der Waals surface area contributed by atoms with Crippen molar-refractivity contribution in [3.8, 4) is 0 Å². The van der Waals surface area contributed by atoms with Gasteiger partial charge in [0, 0.05) is 11.4 Å². The fourth-order valence-corrected chi connectivity index (χ4v) is 7.43. The molecule has 5 rings (SSSR count). The minimum atomic E-state index is -1.39. The average molecular weight is 590 g/mol. The standard InChI is InChI=1S/C27H26BrClN2O6/c1-2-12-30(18-11-7-6-10-17(18)29)25(34)23-27-13-16(28)22(37-27)20(26(35)36)21(27)24(33)31(23)19(14-32)15-8-4-3-5-9-15/h2-11,16,19-23,32H,1,12-14H2,(H,35,36)/t16?,19-,20-,21+,22-,23?,27?/m1/s1. The molecule has 0 saturated carbocycles. The van der Waals surface area contributed by atoms with E-state index in [0.717, 1.165) is 0 Å². The van der Waals surface area contributed by atoms with Crippen LogP contribution in [0.2, 0.25) is 5.02 Å². The summed E-state index contributed by atoms with van der Waals surface area (Å²) in [5.74, 6) is -4.36. The van der Waals surface area contributed by atoms with Crippen molar-refractivity contribution >= 4 is 51.0 Å². The number of para-hydroxylation sites is 1. The quantitative estimate of drug-likeness (QED) is 0.361. The highest BCUT2D eigenvalue weighted by Crippen LogP contribution is 2.61. The lowest BCUT2D eigenvalue weighted by Crippen LogP contribution is -2.57. The fourth-order valence-electron chi connectivity index (χ4n) is 6.25. The number of hydrogen-bond donors (Lipinski definition) is 2. The highest BCUT2D eigenvalue weighted by molar-refractivity contribution is 9.09. The molecule has 3 fully saturated rings. The highest BCUT2D eigenvalue weighted by Gasteiger charge is 2.77. The van der Waals surface area contributed by atoms with Crippen LogP contribution in [0.1, 0.15) is 18.0 Å². The number of anilines is 1. The second-order valence-electron chi connectivity index (χ2n) is 9.55. The Morgan fingerprint density at radius 1 is 1.24 bits per heavy atom. The summed E-state index contributed by atoms with van der Waals surface area (Å²) in [6, 6.07) is 13.6. The van der Waals surface area contributed by atoms with Gasteiger partial charge in [0.2, 0.25) is 5.91 Å². The summed E-state index contributed by atoms with van der Waals surface area (Å²) in [5, 5.41) is 20.9. The maximum Gasteiger partial charge on any atom is 0.310 e. The third-order valence-corrected chi connectivity index (χ3v) is 8.82. The lowest BCUT2D eigenvalue weighted by Gasteiger charge is -2.39. The van der Waals surface area contributed by atoms with Crippen LogP contribution in [0.15, 0.2) is 67.3 Å². The van der Waals surface area contributed by atoms with Crippen LogP contribution >= 0.6 is 27.5 Å². The molecule has 3 heterocycles. The van der Waals surface area contributed by atoms with Gasteiger partial charge >= 0.3 is 5.97 Å². The van der Waals surface area contributed by atoms with E-state index in [2.05, 4.69) is 22.5 Å². The van der Waals surface area contributed by atoms with Crippen LogP contribution in [0.3, 0.4) is 0 Å². The van der Waals surface area contributed by atoms with E-state index >= 15 is 0 Å². The molecule has 2 bridgehead atoms. The molecule has 2 N–H and O–H groups in total. The molecule has 10 heteroatoms. The van der Waals surface area contributed by atoms with E-state index < -0.39 is 60.0 Å². The van der Waals surface area contributed by atoms with Gasteiger partial charge < -0.3 is 24.7 Å². The normalized spacial score (nSPS) is 30.7. The van der Waals surface area contributed by atoms with Gasteiger partial charge in [-0.05, 0) is 24.1 Å². The second kappa shape index (κ2) is 9.87. The third-order valence-electron chi connectivity index (χ3n) is 7.66. The summed E-state index contributed by atoms with van der Waals surface area (Å²) in [6.45, 7) is 3.42. The molecule has 8 nitrogen and oxygen atoms in total. The van der Waals surface area contributed by atoms with Gasteiger partial charge in [-0.15, -0.1) is 6.58 Å². The van der Waals surface area contributed by atoms with Crippen LogP contribution in [0.25, 0.3) is 0 Å². The van der Waals surface area contributed by atoms with E-state index in [1.165, 1.54) is 9.80 Å². The number of rotatable bonds is 8. The minimum absolute atomic E-state index is 0.0977. The molecule has 0 radical (unpaired) electrons. The molecule has 3 saturated heterocycles. The number of halogens is 2. The average Bonchev–Trinajstić information content (AvgIpc) is 3.48. The van der Waals surface area contributed by atoms with E-state index in [-0.39, 0.29) is 17.8 Å².